The Labute approximate surface area is 104 Å². The van der Waals surface area contributed by atoms with Crippen LogP contribution in [0.2, 0.25) is 0 Å². The number of Topliss-reactive ketones (excluding diaryl/α,β-unsaturated/α-hetero) is 1. The molecular weight excluding hydrogens is 236 g/mol. The third kappa shape index (κ3) is 2.88. The van der Waals surface area contributed by atoms with Crippen LogP contribution < -0.4 is 0 Å². The lowest BCUT2D eigenvalue weighted by Crippen LogP contribution is -2.14. The largest absolute Gasteiger partial charge is 0.475 e. The molecule has 90 valence electrons. The first-order chi connectivity index (χ1) is 8.18. The number of carbonyl (C=O) groups is 2. The zero-order valence-corrected chi connectivity index (χ0v) is 10.2. The normalized spacial score (nSPS) is 16.7. The maximum absolute atomic E-state index is 11.4. The van der Waals surface area contributed by atoms with Crippen molar-refractivity contribution in [1.82, 2.24) is 0 Å². The molecule has 4 heteroatoms. The summed E-state index contributed by atoms with van der Waals surface area (Å²) in [6.07, 6.45) is 2.21. The van der Waals surface area contributed by atoms with Crippen LogP contribution in [0.25, 0.3) is 0 Å². The maximum atomic E-state index is 11.4. The number of aliphatic carboxylic acids is 1. The molecule has 17 heavy (non-hydrogen) atoms. The van der Waals surface area contributed by atoms with Crippen molar-refractivity contribution < 1.29 is 14.7 Å². The lowest BCUT2D eigenvalue weighted by Gasteiger charge is -2.21. The second kappa shape index (κ2) is 5.36. The van der Waals surface area contributed by atoms with Crippen molar-refractivity contribution in [3.05, 3.63) is 35.4 Å². The highest BCUT2D eigenvalue weighted by molar-refractivity contribution is 7.99. The number of rotatable bonds is 3. The van der Waals surface area contributed by atoms with E-state index in [1.54, 1.807) is 18.2 Å². The minimum absolute atomic E-state index is 0.285. The van der Waals surface area contributed by atoms with Gasteiger partial charge in [0.2, 0.25) is 0 Å². The third-order valence-electron chi connectivity index (χ3n) is 3.04. The van der Waals surface area contributed by atoms with Gasteiger partial charge in [-0.05, 0) is 41.9 Å². The van der Waals surface area contributed by atoms with E-state index in [2.05, 4.69) is 0 Å². The Hall–Kier alpha value is -1.29. The number of benzene rings is 1. The van der Waals surface area contributed by atoms with E-state index in [0.717, 1.165) is 29.9 Å². The molecule has 2 rings (SSSR count). The summed E-state index contributed by atoms with van der Waals surface area (Å²) in [4.78, 5) is 22.0. The molecule has 0 aromatic heterocycles. The molecule has 3 nitrogen and oxygen atoms in total. The highest BCUT2D eigenvalue weighted by atomic mass is 32.2. The predicted octanol–water partition coefficient (Wildman–Crippen LogP) is 2.56. The van der Waals surface area contributed by atoms with Crippen LogP contribution in [-0.2, 0) is 4.79 Å². The molecule has 0 spiro atoms. The molecule has 1 aliphatic rings. The van der Waals surface area contributed by atoms with Gasteiger partial charge in [-0.1, -0.05) is 18.2 Å². The number of carboxylic acids is 1. The van der Waals surface area contributed by atoms with Crippen LogP contribution in [-0.4, -0.2) is 28.4 Å². The topological polar surface area (TPSA) is 54.4 Å². The van der Waals surface area contributed by atoms with Gasteiger partial charge in [-0.3, -0.25) is 4.79 Å². The molecule has 1 N–H and O–H groups in total. The van der Waals surface area contributed by atoms with Gasteiger partial charge in [0, 0.05) is 5.56 Å². The summed E-state index contributed by atoms with van der Waals surface area (Å²) in [5.41, 5.74) is 1.38. The number of hydrogen-bond donors (Lipinski definition) is 1. The maximum Gasteiger partial charge on any atom is 0.377 e. The van der Waals surface area contributed by atoms with Crippen LogP contribution in [0.15, 0.2) is 24.3 Å². The Morgan fingerprint density at radius 1 is 1.24 bits per heavy atom. The zero-order chi connectivity index (χ0) is 12.3. The first-order valence-electron chi connectivity index (χ1n) is 5.64. The van der Waals surface area contributed by atoms with Crippen LogP contribution in [0.1, 0.15) is 34.7 Å². The number of hydrogen-bond acceptors (Lipinski definition) is 3. The monoisotopic (exact) mass is 250 g/mol. The third-order valence-corrected chi connectivity index (χ3v) is 4.08. The second-order valence-corrected chi connectivity index (χ2v) is 5.37. The fourth-order valence-corrected chi connectivity index (χ4v) is 3.19. The van der Waals surface area contributed by atoms with Gasteiger partial charge in [0.1, 0.15) is 0 Å². The van der Waals surface area contributed by atoms with Crippen molar-refractivity contribution in [2.24, 2.45) is 0 Å². The van der Waals surface area contributed by atoms with Crippen molar-refractivity contribution in [2.45, 2.75) is 18.8 Å². The van der Waals surface area contributed by atoms with Crippen molar-refractivity contribution in [3.8, 4) is 0 Å². The molecule has 0 unspecified atom stereocenters. The van der Waals surface area contributed by atoms with Crippen LogP contribution >= 0.6 is 11.8 Å². The quantitative estimate of drug-likeness (QED) is 0.661. The summed E-state index contributed by atoms with van der Waals surface area (Å²) in [5, 5.41) is 8.68. The highest BCUT2D eigenvalue weighted by Crippen LogP contribution is 2.31. The van der Waals surface area contributed by atoms with Crippen LogP contribution in [0.5, 0.6) is 0 Å². The highest BCUT2D eigenvalue weighted by Gasteiger charge is 2.19. The first kappa shape index (κ1) is 12.2. The minimum atomic E-state index is -1.39. The zero-order valence-electron chi connectivity index (χ0n) is 9.39. The Kier molecular flexibility index (Phi) is 3.84. The minimum Gasteiger partial charge on any atom is -0.475 e. The van der Waals surface area contributed by atoms with Crippen molar-refractivity contribution in [1.29, 1.82) is 0 Å². The Morgan fingerprint density at radius 3 is 2.59 bits per heavy atom. The summed E-state index contributed by atoms with van der Waals surface area (Å²) in [6, 6.07) is 7.06. The molecule has 1 fully saturated rings. The molecule has 0 radical (unpaired) electrons. The number of ketones is 1. The summed E-state index contributed by atoms with van der Waals surface area (Å²) >= 11 is 1.95. The smallest absolute Gasteiger partial charge is 0.377 e. The average Bonchev–Trinajstić information content (AvgIpc) is 2.39. The molecule has 1 heterocycles. The Balaban J connectivity index is 2.21. The summed E-state index contributed by atoms with van der Waals surface area (Å²) in [6.45, 7) is 0. The van der Waals surface area contributed by atoms with Gasteiger partial charge in [0.05, 0.1) is 0 Å². The van der Waals surface area contributed by atoms with Gasteiger partial charge in [0.15, 0.2) is 0 Å². The van der Waals surface area contributed by atoms with E-state index in [9.17, 15) is 9.59 Å². The molecule has 0 atom stereocenters. The van der Waals surface area contributed by atoms with E-state index in [4.69, 9.17) is 5.11 Å². The van der Waals surface area contributed by atoms with E-state index in [-0.39, 0.29) is 5.56 Å². The lowest BCUT2D eigenvalue weighted by atomic mass is 9.92. The van der Waals surface area contributed by atoms with E-state index in [1.807, 2.05) is 17.8 Å². The predicted molar refractivity (Wildman–Crippen MR) is 67.7 cm³/mol. The number of thioether (sulfide) groups is 1. The molecule has 0 saturated carbocycles. The fourth-order valence-electron chi connectivity index (χ4n) is 2.09. The van der Waals surface area contributed by atoms with Crippen molar-refractivity contribution in [3.63, 3.8) is 0 Å². The molecular formula is C13H14O3S. The Morgan fingerprint density at radius 2 is 1.94 bits per heavy atom. The van der Waals surface area contributed by atoms with Gasteiger partial charge < -0.3 is 5.11 Å². The van der Waals surface area contributed by atoms with Crippen molar-refractivity contribution >= 4 is 23.5 Å². The van der Waals surface area contributed by atoms with Crippen LogP contribution in [0.3, 0.4) is 0 Å². The summed E-state index contributed by atoms with van der Waals surface area (Å²) < 4.78 is 0. The Bertz CT molecular complexity index is 436. The molecule has 1 aromatic rings. The molecule has 0 bridgehead atoms. The summed E-state index contributed by atoms with van der Waals surface area (Å²) in [5.74, 6) is 0.542. The molecule has 1 aliphatic heterocycles. The molecule has 1 aromatic carbocycles. The second-order valence-electron chi connectivity index (χ2n) is 4.15. The van der Waals surface area contributed by atoms with Gasteiger partial charge in [-0.2, -0.15) is 11.8 Å². The van der Waals surface area contributed by atoms with Crippen molar-refractivity contribution in [2.75, 3.05) is 11.5 Å². The summed E-state index contributed by atoms with van der Waals surface area (Å²) in [7, 11) is 0. The molecule has 0 amide bonds. The van der Waals surface area contributed by atoms with Gasteiger partial charge >= 0.3 is 5.97 Å². The fraction of sp³-hybridized carbons (Fsp3) is 0.385. The van der Waals surface area contributed by atoms with E-state index in [1.165, 1.54) is 0 Å². The SMILES string of the molecule is O=C(O)C(=O)c1cccc(C2CCSCC2)c1. The molecule has 0 aliphatic carbocycles. The van der Waals surface area contributed by atoms with E-state index in [0.29, 0.717) is 5.92 Å². The van der Waals surface area contributed by atoms with Crippen LogP contribution in [0.4, 0.5) is 0 Å². The van der Waals surface area contributed by atoms with E-state index >= 15 is 0 Å². The van der Waals surface area contributed by atoms with Gasteiger partial charge in [-0.25, -0.2) is 4.79 Å². The number of carbonyl (C=O) groups excluding carboxylic acids is 1. The first-order valence-corrected chi connectivity index (χ1v) is 6.79. The van der Waals surface area contributed by atoms with Gasteiger partial charge in [0.25, 0.3) is 5.78 Å². The number of carboxylic acid groups (broad SMARTS) is 1. The lowest BCUT2D eigenvalue weighted by molar-refractivity contribution is -0.131. The van der Waals surface area contributed by atoms with E-state index < -0.39 is 11.8 Å². The van der Waals surface area contributed by atoms with Gasteiger partial charge in [-0.15, -0.1) is 0 Å². The van der Waals surface area contributed by atoms with Crippen LogP contribution in [0, 0.1) is 0 Å². The molecule has 1 saturated heterocycles. The standard InChI is InChI=1S/C13H14O3S/c14-12(13(15)16)11-3-1-2-10(8-11)9-4-6-17-7-5-9/h1-3,8-9H,4-7H2,(H,15,16). The average molecular weight is 250 g/mol.